The molecule has 0 radical (unpaired) electrons. The number of hydrogen-bond donors (Lipinski definition) is 0. The third kappa shape index (κ3) is 6.84. The van der Waals surface area contributed by atoms with Crippen molar-refractivity contribution >= 4 is 0 Å². The molecule has 0 fully saturated rings. The van der Waals surface area contributed by atoms with Crippen molar-refractivity contribution in [3.05, 3.63) is 94.1 Å². The maximum atomic E-state index is 3.29. The highest BCUT2D eigenvalue weighted by Crippen LogP contribution is 2.08. The minimum Gasteiger partial charge on any atom is -0.204 e. The van der Waals surface area contributed by atoms with Crippen molar-refractivity contribution in [2.24, 2.45) is 0 Å². The highest BCUT2D eigenvalue weighted by atomic mass is 14.9. The van der Waals surface area contributed by atoms with Crippen LogP contribution in [0.2, 0.25) is 0 Å². The average molecular weight is 409 g/mol. The van der Waals surface area contributed by atoms with E-state index < -0.39 is 0 Å². The highest BCUT2D eigenvalue weighted by Gasteiger charge is 2.06. The summed E-state index contributed by atoms with van der Waals surface area (Å²) in [6.45, 7) is 12.6. The Morgan fingerprint density at radius 3 is 1.48 bits per heavy atom. The monoisotopic (exact) mass is 408 g/mol. The zero-order valence-corrected chi connectivity index (χ0v) is 19.4. The van der Waals surface area contributed by atoms with E-state index in [0.717, 1.165) is 37.1 Å². The quantitative estimate of drug-likeness (QED) is 0.437. The summed E-state index contributed by atoms with van der Waals surface area (Å²) in [6.07, 6.45) is 10.4. The number of aromatic nitrogens is 2. The van der Waals surface area contributed by atoms with E-state index in [0.29, 0.717) is 0 Å². The molecule has 2 aromatic heterocycles. The molecule has 0 saturated heterocycles. The standard InChI is InChI=1S/C29H32N2/c1-23-18-24(2)20-30(19-23)16-8-6-10-28-12-14-29(15-13-28)11-7-9-17-31-21-25(3)27(5)26(4)22-31/h12-15,18-22H,8-9,16-17H2,1-5H3/q+2. The summed E-state index contributed by atoms with van der Waals surface area (Å²) in [6, 6.07) is 10.4. The first-order valence-corrected chi connectivity index (χ1v) is 10.9. The van der Waals surface area contributed by atoms with Crippen LogP contribution in [-0.2, 0) is 13.1 Å². The molecule has 0 atom stereocenters. The molecule has 2 heteroatoms. The second-order valence-electron chi connectivity index (χ2n) is 8.30. The minimum absolute atomic E-state index is 0.838. The third-order valence-electron chi connectivity index (χ3n) is 5.44. The van der Waals surface area contributed by atoms with E-state index in [1.165, 1.54) is 27.8 Å². The Balaban J connectivity index is 1.50. The summed E-state index contributed by atoms with van der Waals surface area (Å²) in [5.74, 6) is 13.1. The van der Waals surface area contributed by atoms with Gasteiger partial charge in [-0.05, 0) is 70.5 Å². The molecule has 0 amide bonds. The Morgan fingerprint density at radius 2 is 1.03 bits per heavy atom. The average Bonchev–Trinajstić information content (AvgIpc) is 2.73. The van der Waals surface area contributed by atoms with Gasteiger partial charge in [0.15, 0.2) is 37.9 Å². The molecule has 2 nitrogen and oxygen atoms in total. The highest BCUT2D eigenvalue weighted by molar-refractivity contribution is 5.41. The normalized spacial score (nSPS) is 10.1. The Labute approximate surface area is 187 Å². The second kappa shape index (κ2) is 10.6. The SMILES string of the molecule is Cc1cc(C)c[n+](CCC#Cc2ccc(C#CCC[n+]3cc(C)c(C)c(C)c3)cc2)c1. The van der Waals surface area contributed by atoms with E-state index in [2.05, 4.69) is 123 Å². The molecule has 0 aliphatic heterocycles. The number of nitrogens with zero attached hydrogens (tertiary/aromatic N) is 2. The van der Waals surface area contributed by atoms with Crippen molar-refractivity contribution in [2.75, 3.05) is 0 Å². The molecular weight excluding hydrogens is 376 g/mol. The van der Waals surface area contributed by atoms with Crippen LogP contribution in [0.3, 0.4) is 0 Å². The van der Waals surface area contributed by atoms with Gasteiger partial charge in [0.2, 0.25) is 0 Å². The molecule has 1 aromatic carbocycles. The fourth-order valence-electron chi connectivity index (χ4n) is 3.63. The maximum absolute atomic E-state index is 3.29. The van der Waals surface area contributed by atoms with Crippen LogP contribution in [0.5, 0.6) is 0 Å². The number of pyridine rings is 2. The van der Waals surface area contributed by atoms with Crippen LogP contribution >= 0.6 is 0 Å². The van der Waals surface area contributed by atoms with E-state index in [9.17, 15) is 0 Å². The van der Waals surface area contributed by atoms with Gasteiger partial charge in [-0.1, -0.05) is 23.7 Å². The number of benzene rings is 1. The molecule has 2 heterocycles. The van der Waals surface area contributed by atoms with Crippen molar-refractivity contribution in [3.63, 3.8) is 0 Å². The van der Waals surface area contributed by atoms with Gasteiger partial charge in [-0.2, -0.15) is 0 Å². The molecular formula is C29H32N2+2. The van der Waals surface area contributed by atoms with Crippen LogP contribution < -0.4 is 9.13 Å². The smallest absolute Gasteiger partial charge is 0.172 e. The summed E-state index contributed by atoms with van der Waals surface area (Å²) in [5.41, 5.74) is 8.68. The molecule has 0 bridgehead atoms. The van der Waals surface area contributed by atoms with Crippen molar-refractivity contribution in [3.8, 4) is 23.7 Å². The van der Waals surface area contributed by atoms with Gasteiger partial charge in [0.1, 0.15) is 0 Å². The van der Waals surface area contributed by atoms with Crippen molar-refractivity contribution < 1.29 is 9.13 Å². The van der Waals surface area contributed by atoms with Crippen molar-refractivity contribution in [2.45, 2.75) is 60.5 Å². The lowest BCUT2D eigenvalue weighted by molar-refractivity contribution is -0.696. The van der Waals surface area contributed by atoms with Gasteiger partial charge < -0.3 is 0 Å². The second-order valence-corrected chi connectivity index (χ2v) is 8.30. The lowest BCUT2D eigenvalue weighted by Crippen LogP contribution is -2.34. The van der Waals surface area contributed by atoms with E-state index >= 15 is 0 Å². The molecule has 0 aliphatic carbocycles. The van der Waals surface area contributed by atoms with Gasteiger partial charge in [0.05, 0.1) is 12.8 Å². The predicted molar refractivity (Wildman–Crippen MR) is 126 cm³/mol. The minimum atomic E-state index is 0.838. The first kappa shape index (κ1) is 22.3. The fraction of sp³-hybridized carbons (Fsp3) is 0.310. The molecule has 3 rings (SSSR count). The molecule has 31 heavy (non-hydrogen) atoms. The molecule has 0 saturated carbocycles. The largest absolute Gasteiger partial charge is 0.204 e. The number of rotatable bonds is 4. The zero-order chi connectivity index (χ0) is 22.2. The van der Waals surface area contributed by atoms with Crippen LogP contribution in [0.15, 0.2) is 55.1 Å². The van der Waals surface area contributed by atoms with Gasteiger partial charge >= 0.3 is 0 Å². The molecule has 0 spiro atoms. The van der Waals surface area contributed by atoms with Crippen LogP contribution in [0, 0.1) is 58.3 Å². The third-order valence-corrected chi connectivity index (χ3v) is 5.44. The van der Waals surface area contributed by atoms with Crippen molar-refractivity contribution in [1.82, 2.24) is 0 Å². The van der Waals surface area contributed by atoms with Gasteiger partial charge in [0, 0.05) is 33.4 Å². The molecule has 156 valence electrons. The summed E-state index contributed by atoms with van der Waals surface area (Å²) in [4.78, 5) is 0. The Hall–Kier alpha value is -3.36. The summed E-state index contributed by atoms with van der Waals surface area (Å²) in [5, 5.41) is 0. The first-order valence-electron chi connectivity index (χ1n) is 10.9. The topological polar surface area (TPSA) is 7.76 Å². The van der Waals surface area contributed by atoms with E-state index in [1.807, 2.05) is 0 Å². The first-order chi connectivity index (χ1) is 14.9. The number of aryl methyl sites for hydroxylation is 6. The fourth-order valence-corrected chi connectivity index (χ4v) is 3.63. The molecule has 3 aromatic rings. The van der Waals surface area contributed by atoms with Crippen LogP contribution in [-0.4, -0.2) is 0 Å². The summed E-state index contributed by atoms with van der Waals surface area (Å²) < 4.78 is 4.46. The van der Waals surface area contributed by atoms with Crippen LogP contribution in [0.1, 0.15) is 51.8 Å². The maximum Gasteiger partial charge on any atom is 0.172 e. The van der Waals surface area contributed by atoms with E-state index in [1.54, 1.807) is 0 Å². The van der Waals surface area contributed by atoms with E-state index in [4.69, 9.17) is 0 Å². The Bertz CT molecular complexity index is 1140. The lowest BCUT2D eigenvalue weighted by Gasteiger charge is -2.02. The van der Waals surface area contributed by atoms with Gasteiger partial charge in [-0.25, -0.2) is 9.13 Å². The summed E-state index contributed by atoms with van der Waals surface area (Å²) >= 11 is 0. The summed E-state index contributed by atoms with van der Waals surface area (Å²) in [7, 11) is 0. The van der Waals surface area contributed by atoms with Gasteiger partial charge in [-0.15, -0.1) is 0 Å². The van der Waals surface area contributed by atoms with Gasteiger partial charge in [0.25, 0.3) is 0 Å². The van der Waals surface area contributed by atoms with Crippen molar-refractivity contribution in [1.29, 1.82) is 0 Å². The Kier molecular flexibility index (Phi) is 7.64. The lowest BCUT2D eigenvalue weighted by atomic mass is 10.1. The van der Waals surface area contributed by atoms with Crippen LogP contribution in [0.4, 0.5) is 0 Å². The van der Waals surface area contributed by atoms with Crippen LogP contribution in [0.25, 0.3) is 0 Å². The molecule has 0 aliphatic rings. The van der Waals surface area contributed by atoms with Gasteiger partial charge in [-0.3, -0.25) is 0 Å². The predicted octanol–water partition coefficient (Wildman–Crippen LogP) is 4.69. The molecule has 0 N–H and O–H groups in total. The molecule has 0 unspecified atom stereocenters. The van der Waals surface area contributed by atoms with E-state index in [-0.39, 0.29) is 0 Å². The number of hydrogen-bond acceptors (Lipinski definition) is 0. The Morgan fingerprint density at radius 1 is 0.613 bits per heavy atom. The zero-order valence-electron chi connectivity index (χ0n) is 19.4.